The van der Waals surface area contributed by atoms with E-state index in [1.54, 1.807) is 37.4 Å². The van der Waals surface area contributed by atoms with Crippen molar-refractivity contribution < 1.29 is 14.3 Å². The number of carbonyl (C=O) groups is 2. The number of hydrogen-bond donors (Lipinski definition) is 1. The van der Waals surface area contributed by atoms with Crippen LogP contribution in [-0.4, -0.2) is 54.5 Å². The normalized spacial score (nSPS) is 17.3. The van der Waals surface area contributed by atoms with Gasteiger partial charge < -0.3 is 15.0 Å². The Balaban J connectivity index is 1.74. The van der Waals surface area contributed by atoms with Gasteiger partial charge in [0.2, 0.25) is 0 Å². The lowest BCUT2D eigenvalue weighted by molar-refractivity contribution is 0.0526. The number of benzene rings is 1. The molecule has 142 valence electrons. The number of ether oxygens (including phenoxy) is 1. The molecule has 3 rings (SSSR count). The van der Waals surface area contributed by atoms with E-state index in [2.05, 4.69) is 22.2 Å². The molecule has 1 aromatic carbocycles. The zero-order chi connectivity index (χ0) is 19.2. The SMILES string of the molecule is CCOC(=O)c1cccnc1-c1ccc(C(=O)NC2CCCN(C)C2)cc1. The van der Waals surface area contributed by atoms with Crippen molar-refractivity contribution in [1.29, 1.82) is 0 Å². The van der Waals surface area contributed by atoms with Gasteiger partial charge >= 0.3 is 5.97 Å². The van der Waals surface area contributed by atoms with E-state index in [0.29, 0.717) is 23.4 Å². The van der Waals surface area contributed by atoms with Gasteiger partial charge in [-0.2, -0.15) is 0 Å². The topological polar surface area (TPSA) is 71.5 Å². The van der Waals surface area contributed by atoms with Gasteiger partial charge in [0.05, 0.1) is 17.9 Å². The number of pyridine rings is 1. The van der Waals surface area contributed by atoms with Crippen LogP contribution in [0.1, 0.15) is 40.5 Å². The average Bonchev–Trinajstić information content (AvgIpc) is 2.68. The molecule has 0 radical (unpaired) electrons. The number of hydrogen-bond acceptors (Lipinski definition) is 5. The number of nitrogens with zero attached hydrogens (tertiary/aromatic N) is 2. The molecule has 1 N–H and O–H groups in total. The second kappa shape index (κ2) is 8.77. The van der Waals surface area contributed by atoms with Gasteiger partial charge in [-0.1, -0.05) is 12.1 Å². The molecule has 0 bridgehead atoms. The first-order valence-corrected chi connectivity index (χ1v) is 9.30. The molecule has 1 atom stereocenters. The standard InChI is InChI=1S/C21H25N3O3/c1-3-27-21(26)18-7-4-12-22-19(18)15-8-10-16(11-9-15)20(25)23-17-6-5-13-24(2)14-17/h4,7-12,17H,3,5-6,13-14H2,1-2H3,(H,23,25). The second-order valence-electron chi connectivity index (χ2n) is 6.77. The summed E-state index contributed by atoms with van der Waals surface area (Å²) in [5, 5.41) is 3.10. The van der Waals surface area contributed by atoms with Crippen LogP contribution in [0.5, 0.6) is 0 Å². The van der Waals surface area contributed by atoms with Crippen molar-refractivity contribution in [2.75, 3.05) is 26.7 Å². The van der Waals surface area contributed by atoms with Gasteiger partial charge in [-0.25, -0.2) is 4.79 Å². The summed E-state index contributed by atoms with van der Waals surface area (Å²) in [4.78, 5) is 31.2. The zero-order valence-corrected chi connectivity index (χ0v) is 15.8. The quantitative estimate of drug-likeness (QED) is 0.823. The lowest BCUT2D eigenvalue weighted by Crippen LogP contribution is -2.46. The van der Waals surface area contributed by atoms with Crippen LogP contribution in [0, 0.1) is 0 Å². The van der Waals surface area contributed by atoms with Gasteiger partial charge in [0.1, 0.15) is 0 Å². The van der Waals surface area contributed by atoms with Gasteiger partial charge in [-0.3, -0.25) is 9.78 Å². The van der Waals surface area contributed by atoms with E-state index in [0.717, 1.165) is 31.5 Å². The Morgan fingerprint density at radius 1 is 1.26 bits per heavy atom. The van der Waals surface area contributed by atoms with Crippen LogP contribution in [0.3, 0.4) is 0 Å². The molecule has 2 heterocycles. The third-order valence-electron chi connectivity index (χ3n) is 4.68. The van der Waals surface area contributed by atoms with Gasteiger partial charge in [0, 0.05) is 29.9 Å². The summed E-state index contributed by atoms with van der Waals surface area (Å²) < 4.78 is 5.10. The number of nitrogens with one attached hydrogen (secondary N) is 1. The third-order valence-corrected chi connectivity index (χ3v) is 4.68. The van der Waals surface area contributed by atoms with Crippen LogP contribution >= 0.6 is 0 Å². The number of likely N-dealkylation sites (N-methyl/N-ethyl adjacent to an activating group) is 1. The molecule has 6 nitrogen and oxygen atoms in total. The highest BCUT2D eigenvalue weighted by molar-refractivity contribution is 5.97. The lowest BCUT2D eigenvalue weighted by Gasteiger charge is -2.30. The monoisotopic (exact) mass is 367 g/mol. The molecule has 0 spiro atoms. The molecule has 1 aromatic heterocycles. The van der Waals surface area contributed by atoms with Crippen molar-refractivity contribution in [1.82, 2.24) is 15.2 Å². The number of aromatic nitrogens is 1. The van der Waals surface area contributed by atoms with Crippen LogP contribution in [0.25, 0.3) is 11.3 Å². The Bertz CT molecular complexity index is 805. The van der Waals surface area contributed by atoms with Gasteiger partial charge in [-0.05, 0) is 57.6 Å². The molecule has 1 aliphatic heterocycles. The number of esters is 1. The van der Waals surface area contributed by atoms with E-state index in [1.807, 2.05) is 12.1 Å². The van der Waals surface area contributed by atoms with E-state index in [4.69, 9.17) is 4.74 Å². The summed E-state index contributed by atoms with van der Waals surface area (Å²) >= 11 is 0. The molecular weight excluding hydrogens is 342 g/mol. The number of piperidine rings is 1. The van der Waals surface area contributed by atoms with Crippen LogP contribution in [0.4, 0.5) is 0 Å². The van der Waals surface area contributed by atoms with Gasteiger partial charge in [0.15, 0.2) is 0 Å². The molecule has 1 aliphatic rings. The highest BCUT2D eigenvalue weighted by atomic mass is 16.5. The Labute approximate surface area is 159 Å². The maximum atomic E-state index is 12.5. The third kappa shape index (κ3) is 4.71. The highest BCUT2D eigenvalue weighted by Crippen LogP contribution is 2.22. The molecule has 27 heavy (non-hydrogen) atoms. The number of carbonyl (C=O) groups excluding carboxylic acids is 2. The fraction of sp³-hybridized carbons (Fsp3) is 0.381. The predicted octanol–water partition coefficient (Wildman–Crippen LogP) is 2.75. The summed E-state index contributed by atoms with van der Waals surface area (Å²) in [6, 6.07) is 10.7. The molecule has 1 saturated heterocycles. The maximum absolute atomic E-state index is 12.5. The van der Waals surface area contributed by atoms with E-state index >= 15 is 0 Å². The lowest BCUT2D eigenvalue weighted by atomic mass is 10.0. The number of likely N-dealkylation sites (tertiary alicyclic amines) is 1. The molecule has 6 heteroatoms. The minimum Gasteiger partial charge on any atom is -0.462 e. The van der Waals surface area contributed by atoms with Crippen molar-refractivity contribution in [2.45, 2.75) is 25.8 Å². The number of amides is 1. The smallest absolute Gasteiger partial charge is 0.340 e. The molecule has 2 aromatic rings. The molecule has 1 amide bonds. The molecule has 0 aliphatic carbocycles. The minimum absolute atomic E-state index is 0.0755. The molecule has 0 saturated carbocycles. The fourth-order valence-electron chi connectivity index (χ4n) is 3.34. The first kappa shape index (κ1) is 19.0. The molecular formula is C21H25N3O3. The van der Waals surface area contributed by atoms with Crippen LogP contribution in [-0.2, 0) is 4.74 Å². The van der Waals surface area contributed by atoms with Crippen LogP contribution in [0.2, 0.25) is 0 Å². The van der Waals surface area contributed by atoms with Crippen molar-refractivity contribution in [2.24, 2.45) is 0 Å². The van der Waals surface area contributed by atoms with E-state index in [1.165, 1.54) is 0 Å². The van der Waals surface area contributed by atoms with Crippen LogP contribution in [0.15, 0.2) is 42.6 Å². The Hall–Kier alpha value is -2.73. The first-order chi connectivity index (χ1) is 13.1. The summed E-state index contributed by atoms with van der Waals surface area (Å²) in [5.74, 6) is -0.475. The fourth-order valence-corrected chi connectivity index (χ4v) is 3.34. The Morgan fingerprint density at radius 2 is 2.04 bits per heavy atom. The minimum atomic E-state index is -0.399. The summed E-state index contributed by atoms with van der Waals surface area (Å²) in [6.45, 7) is 4.03. The van der Waals surface area contributed by atoms with E-state index in [-0.39, 0.29) is 11.9 Å². The first-order valence-electron chi connectivity index (χ1n) is 9.30. The molecule has 1 fully saturated rings. The van der Waals surface area contributed by atoms with Crippen LogP contribution < -0.4 is 5.32 Å². The summed E-state index contributed by atoms with van der Waals surface area (Å²) in [7, 11) is 2.07. The van der Waals surface area contributed by atoms with Crippen molar-refractivity contribution in [3.05, 3.63) is 53.7 Å². The van der Waals surface area contributed by atoms with Crippen molar-refractivity contribution >= 4 is 11.9 Å². The van der Waals surface area contributed by atoms with E-state index < -0.39 is 5.97 Å². The van der Waals surface area contributed by atoms with Gasteiger partial charge in [0.25, 0.3) is 5.91 Å². The van der Waals surface area contributed by atoms with Crippen molar-refractivity contribution in [3.8, 4) is 11.3 Å². The number of rotatable bonds is 5. The zero-order valence-electron chi connectivity index (χ0n) is 15.8. The molecule has 1 unspecified atom stereocenters. The Morgan fingerprint density at radius 3 is 2.74 bits per heavy atom. The second-order valence-corrected chi connectivity index (χ2v) is 6.77. The average molecular weight is 367 g/mol. The predicted molar refractivity (Wildman–Crippen MR) is 104 cm³/mol. The summed E-state index contributed by atoms with van der Waals surface area (Å²) in [5.41, 5.74) is 2.34. The van der Waals surface area contributed by atoms with E-state index in [9.17, 15) is 9.59 Å². The highest BCUT2D eigenvalue weighted by Gasteiger charge is 2.20. The largest absolute Gasteiger partial charge is 0.462 e. The maximum Gasteiger partial charge on any atom is 0.340 e. The summed E-state index contributed by atoms with van der Waals surface area (Å²) in [6.07, 6.45) is 3.74. The Kier molecular flexibility index (Phi) is 6.19. The van der Waals surface area contributed by atoms with Gasteiger partial charge in [-0.15, -0.1) is 0 Å². The van der Waals surface area contributed by atoms with Crippen molar-refractivity contribution in [3.63, 3.8) is 0 Å².